The SMILES string of the molecule is CCN(Cc1ccc(OC)c(OC)c1)C(=O)c1ccc(CN2CCCC2=O)cc1. The molecule has 29 heavy (non-hydrogen) atoms. The van der Waals surface area contributed by atoms with Crippen molar-refractivity contribution in [2.24, 2.45) is 0 Å². The molecule has 2 amide bonds. The molecule has 0 aromatic heterocycles. The Morgan fingerprint density at radius 3 is 2.31 bits per heavy atom. The molecule has 6 heteroatoms. The van der Waals surface area contributed by atoms with Gasteiger partial charge in [-0.25, -0.2) is 0 Å². The van der Waals surface area contributed by atoms with Crippen LogP contribution in [0.1, 0.15) is 41.3 Å². The summed E-state index contributed by atoms with van der Waals surface area (Å²) in [5, 5.41) is 0. The third kappa shape index (κ3) is 4.88. The van der Waals surface area contributed by atoms with Crippen molar-refractivity contribution in [2.75, 3.05) is 27.3 Å². The molecule has 1 aliphatic heterocycles. The van der Waals surface area contributed by atoms with E-state index in [1.807, 2.05) is 54.3 Å². The molecule has 6 nitrogen and oxygen atoms in total. The van der Waals surface area contributed by atoms with Crippen LogP contribution in [0.3, 0.4) is 0 Å². The number of hydrogen-bond acceptors (Lipinski definition) is 4. The summed E-state index contributed by atoms with van der Waals surface area (Å²) in [6, 6.07) is 13.2. The summed E-state index contributed by atoms with van der Waals surface area (Å²) in [6.45, 7) is 4.47. The second kappa shape index (κ2) is 9.45. The molecule has 0 atom stereocenters. The second-order valence-corrected chi connectivity index (χ2v) is 7.12. The molecule has 1 aliphatic rings. The van der Waals surface area contributed by atoms with Gasteiger partial charge in [0, 0.05) is 38.2 Å². The van der Waals surface area contributed by atoms with E-state index < -0.39 is 0 Å². The van der Waals surface area contributed by atoms with Gasteiger partial charge in [-0.05, 0) is 48.7 Å². The van der Waals surface area contributed by atoms with Crippen molar-refractivity contribution < 1.29 is 19.1 Å². The maximum atomic E-state index is 13.0. The van der Waals surface area contributed by atoms with Crippen LogP contribution in [0.4, 0.5) is 0 Å². The molecule has 0 radical (unpaired) electrons. The van der Waals surface area contributed by atoms with Crippen LogP contribution in [0.25, 0.3) is 0 Å². The molecule has 1 fully saturated rings. The van der Waals surface area contributed by atoms with Gasteiger partial charge >= 0.3 is 0 Å². The highest BCUT2D eigenvalue weighted by Crippen LogP contribution is 2.28. The van der Waals surface area contributed by atoms with E-state index in [2.05, 4.69) is 0 Å². The highest BCUT2D eigenvalue weighted by atomic mass is 16.5. The first-order chi connectivity index (χ1) is 14.0. The van der Waals surface area contributed by atoms with Crippen molar-refractivity contribution in [1.29, 1.82) is 0 Å². The minimum Gasteiger partial charge on any atom is -0.493 e. The molecule has 0 N–H and O–H groups in total. The highest BCUT2D eigenvalue weighted by Gasteiger charge is 2.20. The average molecular weight is 396 g/mol. The minimum atomic E-state index is -0.0221. The summed E-state index contributed by atoms with van der Waals surface area (Å²) in [5.41, 5.74) is 2.66. The number of benzene rings is 2. The molecule has 2 aromatic rings. The number of amides is 2. The second-order valence-electron chi connectivity index (χ2n) is 7.12. The van der Waals surface area contributed by atoms with E-state index in [0.29, 0.717) is 43.1 Å². The molecule has 1 saturated heterocycles. The van der Waals surface area contributed by atoms with Crippen molar-refractivity contribution in [2.45, 2.75) is 32.9 Å². The number of likely N-dealkylation sites (tertiary alicyclic amines) is 1. The predicted octanol–water partition coefficient (Wildman–Crippen LogP) is 3.49. The van der Waals surface area contributed by atoms with Crippen molar-refractivity contribution in [3.05, 3.63) is 59.2 Å². The molecule has 1 heterocycles. The molecule has 0 bridgehead atoms. The molecule has 0 saturated carbocycles. The number of methoxy groups -OCH3 is 2. The van der Waals surface area contributed by atoms with Gasteiger partial charge in [-0.3, -0.25) is 9.59 Å². The van der Waals surface area contributed by atoms with Gasteiger partial charge in [0.15, 0.2) is 11.5 Å². The van der Waals surface area contributed by atoms with Crippen molar-refractivity contribution in [1.82, 2.24) is 9.80 Å². The monoisotopic (exact) mass is 396 g/mol. The van der Waals surface area contributed by atoms with Gasteiger partial charge in [-0.2, -0.15) is 0 Å². The Bertz CT molecular complexity index is 864. The van der Waals surface area contributed by atoms with Crippen LogP contribution < -0.4 is 9.47 Å². The van der Waals surface area contributed by atoms with Crippen LogP contribution in [0.2, 0.25) is 0 Å². The number of carbonyl (C=O) groups excluding carboxylic acids is 2. The quantitative estimate of drug-likeness (QED) is 0.685. The fourth-order valence-corrected chi connectivity index (χ4v) is 3.55. The number of nitrogens with zero attached hydrogens (tertiary/aromatic N) is 2. The van der Waals surface area contributed by atoms with E-state index >= 15 is 0 Å². The zero-order valence-electron chi connectivity index (χ0n) is 17.3. The van der Waals surface area contributed by atoms with Crippen molar-refractivity contribution >= 4 is 11.8 Å². The first kappa shape index (κ1) is 20.7. The molecule has 0 unspecified atom stereocenters. The number of rotatable bonds is 8. The standard InChI is InChI=1S/C23H28N2O4/c1-4-24(16-18-9-12-20(28-2)21(14-18)29-3)23(27)19-10-7-17(8-11-19)15-25-13-5-6-22(25)26/h7-12,14H,4-6,13,15-16H2,1-3H3. The molecule has 154 valence electrons. The van der Waals surface area contributed by atoms with E-state index in [-0.39, 0.29) is 11.8 Å². The first-order valence-electron chi connectivity index (χ1n) is 9.92. The lowest BCUT2D eigenvalue weighted by atomic mass is 10.1. The van der Waals surface area contributed by atoms with Crippen molar-refractivity contribution in [3.63, 3.8) is 0 Å². The topological polar surface area (TPSA) is 59.1 Å². The molecule has 0 aliphatic carbocycles. The summed E-state index contributed by atoms with van der Waals surface area (Å²) in [6.07, 6.45) is 1.56. The predicted molar refractivity (Wildman–Crippen MR) is 111 cm³/mol. The fraction of sp³-hybridized carbons (Fsp3) is 0.391. The number of carbonyl (C=O) groups is 2. The van der Waals surface area contributed by atoms with E-state index in [9.17, 15) is 9.59 Å². The van der Waals surface area contributed by atoms with E-state index in [4.69, 9.17) is 9.47 Å². The zero-order valence-corrected chi connectivity index (χ0v) is 17.3. The Morgan fingerprint density at radius 2 is 1.72 bits per heavy atom. The first-order valence-corrected chi connectivity index (χ1v) is 9.92. The normalized spacial score (nSPS) is 13.5. The van der Waals surface area contributed by atoms with E-state index in [1.165, 1.54) is 0 Å². The van der Waals surface area contributed by atoms with Crippen LogP contribution in [-0.2, 0) is 17.9 Å². The minimum absolute atomic E-state index is 0.0221. The van der Waals surface area contributed by atoms with Crippen LogP contribution >= 0.6 is 0 Å². The lowest BCUT2D eigenvalue weighted by Gasteiger charge is -2.22. The molecular weight excluding hydrogens is 368 g/mol. The third-order valence-electron chi connectivity index (χ3n) is 5.24. The van der Waals surface area contributed by atoms with Crippen LogP contribution in [-0.4, -0.2) is 48.9 Å². The van der Waals surface area contributed by atoms with Crippen LogP contribution in [0.5, 0.6) is 11.5 Å². The summed E-state index contributed by atoms with van der Waals surface area (Å²) < 4.78 is 10.6. The van der Waals surface area contributed by atoms with Gasteiger partial charge in [0.1, 0.15) is 0 Å². The van der Waals surface area contributed by atoms with Crippen LogP contribution in [0, 0.1) is 0 Å². The number of hydrogen-bond donors (Lipinski definition) is 0. The van der Waals surface area contributed by atoms with Crippen LogP contribution in [0.15, 0.2) is 42.5 Å². The van der Waals surface area contributed by atoms with Gasteiger partial charge in [-0.1, -0.05) is 18.2 Å². The molecule has 3 rings (SSSR count). The Hall–Kier alpha value is -3.02. The maximum absolute atomic E-state index is 13.0. The average Bonchev–Trinajstić information content (AvgIpc) is 3.16. The Labute approximate surface area is 172 Å². The maximum Gasteiger partial charge on any atom is 0.254 e. The lowest BCUT2D eigenvalue weighted by Crippen LogP contribution is -2.30. The summed E-state index contributed by atoms with van der Waals surface area (Å²) >= 11 is 0. The van der Waals surface area contributed by atoms with Gasteiger partial charge in [0.2, 0.25) is 5.91 Å². The fourth-order valence-electron chi connectivity index (χ4n) is 3.55. The molecular formula is C23H28N2O4. The summed E-state index contributed by atoms with van der Waals surface area (Å²) in [5.74, 6) is 1.50. The highest BCUT2D eigenvalue weighted by molar-refractivity contribution is 5.94. The van der Waals surface area contributed by atoms with Gasteiger partial charge in [0.05, 0.1) is 14.2 Å². The summed E-state index contributed by atoms with van der Waals surface area (Å²) in [7, 11) is 3.20. The Morgan fingerprint density at radius 1 is 1.03 bits per heavy atom. The zero-order chi connectivity index (χ0) is 20.8. The van der Waals surface area contributed by atoms with Gasteiger partial charge in [0.25, 0.3) is 5.91 Å². The molecule has 0 spiro atoms. The van der Waals surface area contributed by atoms with Gasteiger partial charge < -0.3 is 19.3 Å². The number of ether oxygens (including phenoxy) is 2. The van der Waals surface area contributed by atoms with E-state index in [0.717, 1.165) is 24.1 Å². The smallest absolute Gasteiger partial charge is 0.254 e. The van der Waals surface area contributed by atoms with E-state index in [1.54, 1.807) is 19.1 Å². The molecule has 2 aromatic carbocycles. The summed E-state index contributed by atoms with van der Waals surface area (Å²) in [4.78, 5) is 28.4. The van der Waals surface area contributed by atoms with Gasteiger partial charge in [-0.15, -0.1) is 0 Å². The lowest BCUT2D eigenvalue weighted by molar-refractivity contribution is -0.128. The third-order valence-corrected chi connectivity index (χ3v) is 5.24. The van der Waals surface area contributed by atoms with Crippen molar-refractivity contribution in [3.8, 4) is 11.5 Å². The largest absolute Gasteiger partial charge is 0.493 e. The Balaban J connectivity index is 1.68. The Kier molecular flexibility index (Phi) is 6.75.